The number of fused-ring (bicyclic) bond motifs is 5. The lowest BCUT2D eigenvalue weighted by atomic mass is 9.79. The first-order valence-electron chi connectivity index (χ1n) is 11.6. The number of ether oxygens (including phenoxy) is 1. The lowest BCUT2D eigenvalue weighted by Crippen LogP contribution is -2.60. The molecular formula is C26H21F3N6O3. The number of nitrogens with zero attached hydrogens (tertiary/aromatic N) is 5. The van der Waals surface area contributed by atoms with Crippen molar-refractivity contribution in [2.45, 2.75) is 31.2 Å². The van der Waals surface area contributed by atoms with E-state index in [9.17, 15) is 22.8 Å². The van der Waals surface area contributed by atoms with Gasteiger partial charge in [0.25, 0.3) is 5.96 Å². The van der Waals surface area contributed by atoms with Gasteiger partial charge in [-0.3, -0.25) is 9.59 Å². The highest BCUT2D eigenvalue weighted by molar-refractivity contribution is 6.23. The van der Waals surface area contributed by atoms with Gasteiger partial charge in [-0.25, -0.2) is 4.90 Å². The minimum Gasteiger partial charge on any atom is -0.364 e. The summed E-state index contributed by atoms with van der Waals surface area (Å²) in [7, 11) is 0. The summed E-state index contributed by atoms with van der Waals surface area (Å²) >= 11 is 0. The number of nitriles is 1. The number of likely N-dealkylation sites (tertiary alicyclic amines) is 1. The van der Waals surface area contributed by atoms with Gasteiger partial charge in [0, 0.05) is 5.69 Å². The number of anilines is 2. The van der Waals surface area contributed by atoms with E-state index < -0.39 is 52.2 Å². The largest absolute Gasteiger partial charge is 0.417 e. The van der Waals surface area contributed by atoms with E-state index in [1.165, 1.54) is 12.1 Å². The molecule has 2 aromatic rings. The number of benzene rings is 2. The van der Waals surface area contributed by atoms with Crippen LogP contribution in [0.25, 0.3) is 4.95 Å². The van der Waals surface area contributed by atoms with Crippen LogP contribution in [-0.2, 0) is 20.5 Å². The Balaban J connectivity index is 1.49. The number of nitrogens with one attached hydrogen (secondary N) is 1. The van der Waals surface area contributed by atoms with E-state index in [1.807, 2.05) is 18.2 Å². The Kier molecular flexibility index (Phi) is 5.69. The van der Waals surface area contributed by atoms with Gasteiger partial charge < -0.3 is 15.0 Å². The lowest BCUT2D eigenvalue weighted by molar-refractivity contribution is -0.159. The van der Waals surface area contributed by atoms with Gasteiger partial charge in [0.15, 0.2) is 0 Å². The number of para-hydroxylation sites is 1. The Morgan fingerprint density at radius 1 is 1.13 bits per heavy atom. The number of hydrogen-bond donors (Lipinski definition) is 1. The number of carbonyl (C=O) groups excluding carboxylic acids is 2. The number of rotatable bonds is 2. The van der Waals surface area contributed by atoms with E-state index in [2.05, 4.69) is 15.4 Å². The molecule has 0 unspecified atom stereocenters. The van der Waals surface area contributed by atoms with E-state index in [0.29, 0.717) is 11.8 Å². The Morgan fingerprint density at radius 3 is 2.26 bits per heavy atom. The van der Waals surface area contributed by atoms with Crippen LogP contribution in [0.4, 0.5) is 24.5 Å². The molecule has 1 N–H and O–H groups in total. The zero-order valence-electron chi connectivity index (χ0n) is 20.3. The van der Waals surface area contributed by atoms with Gasteiger partial charge in [0.2, 0.25) is 11.8 Å². The van der Waals surface area contributed by atoms with Gasteiger partial charge in [-0.05, 0) is 44.2 Å². The molecule has 4 atom stereocenters. The van der Waals surface area contributed by atoms with Crippen LogP contribution < -0.4 is 10.2 Å². The number of carbonyl (C=O) groups is 2. The van der Waals surface area contributed by atoms with Crippen LogP contribution in [0.2, 0.25) is 0 Å². The molecule has 2 aromatic carbocycles. The third kappa shape index (κ3) is 3.85. The molecular weight excluding hydrogens is 501 g/mol. The average Bonchev–Trinajstić information content (AvgIpc) is 3.23. The highest BCUT2D eigenvalue weighted by Crippen LogP contribution is 2.55. The second-order valence-electron chi connectivity index (χ2n) is 9.90. The van der Waals surface area contributed by atoms with Gasteiger partial charge in [0.05, 0.1) is 59.0 Å². The maximum absolute atomic E-state index is 13.7. The Morgan fingerprint density at radius 2 is 1.74 bits per heavy atom. The lowest BCUT2D eigenvalue weighted by Gasteiger charge is -2.45. The topological polar surface area (TPSA) is 102 Å². The molecule has 3 heterocycles. The molecule has 0 saturated carbocycles. The Bertz CT molecular complexity index is 1410. The number of guanidine groups is 1. The third-order valence-electron chi connectivity index (χ3n) is 7.26. The molecule has 0 spiro atoms. The fraction of sp³-hybridized carbons (Fsp3) is 0.346. The van der Waals surface area contributed by atoms with Crippen LogP contribution in [0.3, 0.4) is 0 Å². The molecule has 0 aromatic heterocycles. The molecule has 0 radical (unpaired) electrons. The maximum atomic E-state index is 13.7. The zero-order valence-corrected chi connectivity index (χ0v) is 20.3. The first-order valence-corrected chi connectivity index (χ1v) is 11.6. The maximum Gasteiger partial charge on any atom is 0.417 e. The monoisotopic (exact) mass is 522 g/mol. The predicted molar refractivity (Wildman–Crippen MR) is 129 cm³/mol. The number of hydrogen-bond acceptors (Lipinski definition) is 5. The first-order chi connectivity index (χ1) is 17.9. The molecule has 3 fully saturated rings. The molecule has 194 valence electrons. The fourth-order valence-corrected chi connectivity index (χ4v) is 5.91. The van der Waals surface area contributed by atoms with Crippen molar-refractivity contribution in [1.29, 1.82) is 5.26 Å². The zero-order chi connectivity index (χ0) is 27.5. The molecule has 5 rings (SSSR count). The SMILES string of the molecule is [C-]#[N+]/N=C(\Nc1ccccc1)N1C[C@@]2(C)O[C@@](C)(C1)[C@@H]1C(=O)N(c3ccc(C#N)c(C(F)(F)F)c3)C(=O)[C@@H]12. The fourth-order valence-electron chi connectivity index (χ4n) is 5.91. The van der Waals surface area contributed by atoms with Crippen LogP contribution in [-0.4, -0.2) is 47.0 Å². The van der Waals surface area contributed by atoms with Crippen molar-refractivity contribution in [2.24, 2.45) is 16.9 Å². The minimum absolute atomic E-state index is 0.103. The van der Waals surface area contributed by atoms with Crippen molar-refractivity contribution in [1.82, 2.24) is 4.90 Å². The standard InChI is InChI=1S/C26H21F3N6O3/c1-24-13-34(23(33-31-3)32-16-7-5-4-6-8-16)14-25(2,38-24)20-19(24)21(36)35(22(20)37)17-10-9-15(12-30)18(11-17)26(27,28)29/h4-11,19-20H,13-14H2,1-2H3,(H,32,33)/t19-,20+,24-,25+. The van der Waals surface area contributed by atoms with Gasteiger partial charge in [0.1, 0.15) is 5.10 Å². The molecule has 3 aliphatic rings. The summed E-state index contributed by atoms with van der Waals surface area (Å²) in [6.45, 7) is 10.8. The summed E-state index contributed by atoms with van der Waals surface area (Å²) in [5.74, 6) is -3.07. The number of halogens is 3. The number of imide groups is 1. The number of morpholine rings is 1. The van der Waals surface area contributed by atoms with Crippen molar-refractivity contribution in [3.8, 4) is 6.07 Å². The van der Waals surface area contributed by atoms with Gasteiger partial charge in [-0.1, -0.05) is 18.2 Å². The average molecular weight is 522 g/mol. The summed E-state index contributed by atoms with van der Waals surface area (Å²) in [6.07, 6.45) is -4.84. The van der Waals surface area contributed by atoms with E-state index >= 15 is 0 Å². The van der Waals surface area contributed by atoms with Crippen molar-refractivity contribution in [2.75, 3.05) is 23.3 Å². The predicted octanol–water partition coefficient (Wildman–Crippen LogP) is 3.85. The van der Waals surface area contributed by atoms with E-state index in [4.69, 9.17) is 16.6 Å². The van der Waals surface area contributed by atoms with E-state index in [0.717, 1.165) is 11.0 Å². The number of amides is 2. The van der Waals surface area contributed by atoms with Crippen molar-refractivity contribution in [3.05, 3.63) is 71.2 Å². The summed E-state index contributed by atoms with van der Waals surface area (Å²) < 4.78 is 47.0. The van der Waals surface area contributed by atoms with Crippen molar-refractivity contribution >= 4 is 29.1 Å². The summed E-state index contributed by atoms with van der Waals surface area (Å²) in [4.78, 5) is 33.0. The minimum atomic E-state index is -4.84. The van der Waals surface area contributed by atoms with Crippen molar-refractivity contribution < 1.29 is 27.5 Å². The van der Waals surface area contributed by atoms with Crippen LogP contribution in [0, 0.1) is 29.7 Å². The molecule has 9 nitrogen and oxygen atoms in total. The van der Waals surface area contributed by atoms with Gasteiger partial charge in [-0.15, -0.1) is 4.95 Å². The summed E-state index contributed by atoms with van der Waals surface area (Å²) in [5, 5.41) is 16.1. The highest BCUT2D eigenvalue weighted by Gasteiger charge is 2.72. The van der Waals surface area contributed by atoms with Crippen LogP contribution in [0.5, 0.6) is 0 Å². The van der Waals surface area contributed by atoms with Crippen LogP contribution >= 0.6 is 0 Å². The third-order valence-corrected chi connectivity index (χ3v) is 7.26. The second kappa shape index (κ2) is 8.57. The summed E-state index contributed by atoms with van der Waals surface area (Å²) in [5.41, 5.74) is -3.78. The molecule has 2 amide bonds. The highest BCUT2D eigenvalue weighted by atomic mass is 19.4. The Hall–Kier alpha value is -4.42. The van der Waals surface area contributed by atoms with E-state index in [-0.39, 0.29) is 24.7 Å². The molecule has 0 aliphatic carbocycles. The second-order valence-corrected chi connectivity index (χ2v) is 9.90. The molecule has 3 aliphatic heterocycles. The molecule has 2 bridgehead atoms. The van der Waals surface area contributed by atoms with Crippen molar-refractivity contribution in [3.63, 3.8) is 0 Å². The Labute approximate surface area is 215 Å². The first kappa shape index (κ1) is 25.2. The number of alkyl halides is 3. The van der Waals surface area contributed by atoms with E-state index in [1.54, 1.807) is 30.9 Å². The normalized spacial score (nSPS) is 28.7. The smallest absolute Gasteiger partial charge is 0.364 e. The van der Waals surface area contributed by atoms with Crippen LogP contribution in [0.1, 0.15) is 25.0 Å². The van der Waals surface area contributed by atoms with Gasteiger partial charge in [-0.2, -0.15) is 25.0 Å². The molecule has 3 saturated heterocycles. The molecule has 38 heavy (non-hydrogen) atoms. The summed E-state index contributed by atoms with van der Waals surface area (Å²) in [6, 6.07) is 13.3. The van der Waals surface area contributed by atoms with Crippen LogP contribution in [0.15, 0.2) is 53.6 Å². The molecule has 12 heteroatoms. The van der Waals surface area contributed by atoms with Gasteiger partial charge >= 0.3 is 6.18 Å². The quantitative estimate of drug-likeness (QED) is 0.211.